The zero-order valence-corrected chi connectivity index (χ0v) is 16.0. The van der Waals surface area contributed by atoms with E-state index in [0.717, 1.165) is 0 Å². The van der Waals surface area contributed by atoms with E-state index in [9.17, 15) is 15.1 Å². The van der Waals surface area contributed by atoms with Crippen molar-refractivity contribution in [2.45, 2.75) is 26.1 Å². The van der Waals surface area contributed by atoms with Crippen molar-refractivity contribution in [3.63, 3.8) is 0 Å². The van der Waals surface area contributed by atoms with Crippen LogP contribution in [0.15, 0.2) is 46.6 Å². The summed E-state index contributed by atoms with van der Waals surface area (Å²) in [6.45, 7) is 3.71. The summed E-state index contributed by atoms with van der Waals surface area (Å²) in [4.78, 5) is 21.9. The van der Waals surface area contributed by atoms with Crippen LogP contribution in [0.4, 0.5) is 17.5 Å². The lowest BCUT2D eigenvalue weighted by molar-refractivity contribution is 0.274. The van der Waals surface area contributed by atoms with Gasteiger partial charge in [-0.05, 0) is 43.5 Å². The third-order valence-corrected chi connectivity index (χ3v) is 4.55. The number of nitrogens with one attached hydrogen (secondary N) is 3. The smallest absolute Gasteiger partial charge is 0.262 e. The Labute approximate surface area is 165 Å². The second-order valence-corrected chi connectivity index (χ2v) is 7.24. The molecule has 150 valence electrons. The lowest BCUT2D eigenvalue weighted by atomic mass is 10.1. The van der Waals surface area contributed by atoms with Crippen molar-refractivity contribution in [3.05, 3.63) is 52.6 Å². The Hall–Kier alpha value is -3.66. The molecule has 0 unspecified atom stereocenters. The molecule has 0 fully saturated rings. The standard InChI is InChI=1S/C19H21N7O3/c1-19(2)23-16(25-29)12-3-5-20-13(10-12)21-14-9-11-4-6-26(7-8-27)18(28)15(11)17(22-14)24-19/h3-6,9-10,27,29H,7-8H2,1-2H3,(H,23,25)(H2,20,21,22,24). The molecule has 4 bridgehead atoms. The number of aliphatic hydroxyl groups excluding tert-OH is 1. The zero-order valence-electron chi connectivity index (χ0n) is 16.0. The quantitative estimate of drug-likeness (QED) is 0.325. The molecule has 0 saturated heterocycles. The second-order valence-electron chi connectivity index (χ2n) is 7.24. The Morgan fingerprint density at radius 2 is 2.03 bits per heavy atom. The van der Waals surface area contributed by atoms with Crippen LogP contribution in [-0.4, -0.2) is 43.0 Å². The lowest BCUT2D eigenvalue weighted by Gasteiger charge is -2.30. The average Bonchev–Trinajstić information content (AvgIpc) is 2.68. The monoisotopic (exact) mass is 395 g/mol. The topological polar surface area (TPSA) is 137 Å². The van der Waals surface area contributed by atoms with Crippen LogP contribution in [-0.2, 0) is 6.54 Å². The molecule has 4 rings (SSSR count). The number of hydrogen-bond acceptors (Lipinski definition) is 8. The Morgan fingerprint density at radius 3 is 2.79 bits per heavy atom. The molecule has 0 spiro atoms. The summed E-state index contributed by atoms with van der Waals surface area (Å²) >= 11 is 0. The third kappa shape index (κ3) is 3.57. The Morgan fingerprint density at radius 1 is 1.21 bits per heavy atom. The molecular weight excluding hydrogens is 374 g/mol. The number of aliphatic hydroxyl groups is 1. The van der Waals surface area contributed by atoms with Crippen molar-refractivity contribution in [1.82, 2.24) is 19.9 Å². The first-order valence-electron chi connectivity index (χ1n) is 9.07. The van der Waals surface area contributed by atoms with Crippen LogP contribution in [0.2, 0.25) is 0 Å². The molecule has 10 heteroatoms. The third-order valence-electron chi connectivity index (χ3n) is 4.55. The molecule has 0 aliphatic carbocycles. The van der Waals surface area contributed by atoms with E-state index in [1.807, 2.05) is 13.8 Å². The molecule has 0 radical (unpaired) electrons. The molecule has 3 aromatic heterocycles. The predicted octanol–water partition coefficient (Wildman–Crippen LogP) is 1.41. The maximum absolute atomic E-state index is 13.0. The van der Waals surface area contributed by atoms with Crippen LogP contribution in [0.25, 0.3) is 10.8 Å². The van der Waals surface area contributed by atoms with Gasteiger partial charge in [0.2, 0.25) is 0 Å². The molecule has 1 aliphatic rings. The molecule has 3 aromatic rings. The first-order valence-corrected chi connectivity index (χ1v) is 9.07. The molecule has 0 aromatic carbocycles. The fourth-order valence-electron chi connectivity index (χ4n) is 3.30. The molecule has 4 heterocycles. The fraction of sp³-hybridized carbons (Fsp3) is 0.263. The van der Waals surface area contributed by atoms with Gasteiger partial charge >= 0.3 is 0 Å². The van der Waals surface area contributed by atoms with Crippen LogP contribution in [0, 0.1) is 0 Å². The largest absolute Gasteiger partial charge is 0.409 e. The highest BCUT2D eigenvalue weighted by atomic mass is 16.4. The number of fused-ring (bicyclic) bond motifs is 6. The Bertz CT molecular complexity index is 1170. The van der Waals surface area contributed by atoms with Crippen LogP contribution in [0.5, 0.6) is 0 Å². The summed E-state index contributed by atoms with van der Waals surface area (Å²) in [7, 11) is 0. The highest BCUT2D eigenvalue weighted by molar-refractivity contribution is 6.00. The molecule has 0 amide bonds. The fourth-order valence-corrected chi connectivity index (χ4v) is 3.30. The van der Waals surface area contributed by atoms with Crippen LogP contribution >= 0.6 is 0 Å². The number of rotatable bonds is 2. The van der Waals surface area contributed by atoms with Gasteiger partial charge in [0, 0.05) is 24.5 Å². The van der Waals surface area contributed by atoms with Crippen LogP contribution in [0.3, 0.4) is 0 Å². The highest BCUT2D eigenvalue weighted by Crippen LogP contribution is 2.26. The summed E-state index contributed by atoms with van der Waals surface area (Å²) in [5, 5.41) is 32.7. The molecule has 0 atom stereocenters. The second kappa shape index (κ2) is 7.06. The van der Waals surface area contributed by atoms with E-state index >= 15 is 0 Å². The number of anilines is 3. The summed E-state index contributed by atoms with van der Waals surface area (Å²) < 4.78 is 1.44. The van der Waals surface area contributed by atoms with E-state index in [1.54, 1.807) is 36.7 Å². The van der Waals surface area contributed by atoms with Gasteiger partial charge in [0.05, 0.1) is 12.0 Å². The van der Waals surface area contributed by atoms with Gasteiger partial charge in [0.15, 0.2) is 5.84 Å². The number of hydrogen-bond donors (Lipinski definition) is 5. The van der Waals surface area contributed by atoms with Gasteiger partial charge in [-0.1, -0.05) is 5.16 Å². The lowest BCUT2D eigenvalue weighted by Crippen LogP contribution is -2.50. The summed E-state index contributed by atoms with van der Waals surface area (Å²) in [6, 6.07) is 7.01. The maximum atomic E-state index is 13.0. The minimum absolute atomic E-state index is 0.147. The zero-order chi connectivity index (χ0) is 20.6. The van der Waals surface area contributed by atoms with E-state index in [1.165, 1.54) is 4.57 Å². The minimum Gasteiger partial charge on any atom is -0.409 e. The Kier molecular flexibility index (Phi) is 4.55. The molecular formula is C19H21N7O3. The molecule has 5 N–H and O–H groups in total. The van der Waals surface area contributed by atoms with Crippen molar-refractivity contribution >= 4 is 34.1 Å². The SMILES string of the molecule is CC1(C)N/C(=N\O)c2ccnc(c2)Nc2cc3ccn(CCO)c(=O)c3c(n2)N1. The number of amidine groups is 1. The highest BCUT2D eigenvalue weighted by Gasteiger charge is 2.24. The summed E-state index contributed by atoms with van der Waals surface area (Å²) in [5.41, 5.74) is -0.457. The normalized spacial score (nSPS) is 16.4. The van der Waals surface area contributed by atoms with E-state index in [0.29, 0.717) is 33.8 Å². The van der Waals surface area contributed by atoms with Crippen LogP contribution in [0.1, 0.15) is 19.4 Å². The molecule has 0 saturated carbocycles. The van der Waals surface area contributed by atoms with Gasteiger partial charge < -0.3 is 30.8 Å². The van der Waals surface area contributed by atoms with Crippen molar-refractivity contribution in [3.8, 4) is 0 Å². The number of nitrogens with zero attached hydrogens (tertiary/aromatic N) is 4. The van der Waals surface area contributed by atoms with E-state index < -0.39 is 5.66 Å². The molecule has 10 nitrogen and oxygen atoms in total. The molecule has 29 heavy (non-hydrogen) atoms. The Balaban J connectivity index is 1.96. The van der Waals surface area contributed by atoms with Crippen molar-refractivity contribution < 1.29 is 10.3 Å². The van der Waals surface area contributed by atoms with Gasteiger partial charge in [-0.3, -0.25) is 4.79 Å². The van der Waals surface area contributed by atoms with E-state index in [-0.39, 0.29) is 24.5 Å². The van der Waals surface area contributed by atoms with Gasteiger partial charge in [0.25, 0.3) is 5.56 Å². The van der Waals surface area contributed by atoms with Crippen molar-refractivity contribution in [1.29, 1.82) is 0 Å². The summed E-state index contributed by atoms with van der Waals surface area (Å²) in [6.07, 6.45) is 3.24. The van der Waals surface area contributed by atoms with E-state index in [2.05, 4.69) is 31.1 Å². The van der Waals surface area contributed by atoms with Gasteiger partial charge in [0.1, 0.15) is 23.1 Å². The molecule has 1 aliphatic heterocycles. The van der Waals surface area contributed by atoms with Gasteiger partial charge in [-0.25, -0.2) is 9.97 Å². The average molecular weight is 395 g/mol. The number of pyridine rings is 3. The first-order chi connectivity index (χ1) is 13.9. The van der Waals surface area contributed by atoms with Crippen molar-refractivity contribution in [2.24, 2.45) is 5.16 Å². The minimum atomic E-state index is -0.821. The van der Waals surface area contributed by atoms with Gasteiger partial charge in [-0.15, -0.1) is 0 Å². The summed E-state index contributed by atoms with van der Waals surface area (Å²) in [5.74, 6) is 1.61. The maximum Gasteiger partial charge on any atom is 0.262 e. The van der Waals surface area contributed by atoms with Crippen LogP contribution < -0.4 is 21.5 Å². The van der Waals surface area contributed by atoms with E-state index in [4.69, 9.17) is 0 Å². The van der Waals surface area contributed by atoms with Gasteiger partial charge in [-0.2, -0.15) is 0 Å². The first kappa shape index (κ1) is 18.7. The predicted molar refractivity (Wildman–Crippen MR) is 110 cm³/mol. The number of oxime groups is 1. The number of aromatic nitrogens is 3. The van der Waals surface area contributed by atoms with Crippen molar-refractivity contribution in [2.75, 3.05) is 17.2 Å².